The molecule has 4 aliphatic rings. The fraction of sp³-hybridized carbons (Fsp3) is 0.550. The van der Waals surface area contributed by atoms with Crippen molar-refractivity contribution in [2.75, 3.05) is 5.75 Å². The lowest BCUT2D eigenvalue weighted by Gasteiger charge is -2.58. The largest absolute Gasteiger partial charge is 0.461 e. The van der Waals surface area contributed by atoms with Crippen molar-refractivity contribution in [1.82, 2.24) is 4.98 Å². The molecule has 1 saturated heterocycles. The number of Topliss-reactive ketones (excluding diaryl/α,β-unsaturated/α-hetero) is 1. The molecule has 2 bridgehead atoms. The van der Waals surface area contributed by atoms with Crippen LogP contribution in [0.5, 0.6) is 0 Å². The highest BCUT2D eigenvalue weighted by molar-refractivity contribution is 8.01. The van der Waals surface area contributed by atoms with Gasteiger partial charge in [-0.15, -0.1) is 17.9 Å². The highest BCUT2D eigenvalue weighted by atomic mass is 32.2. The number of thiazole rings is 1. The van der Waals surface area contributed by atoms with Crippen molar-refractivity contribution < 1.29 is 23.6 Å². The van der Waals surface area contributed by atoms with Gasteiger partial charge < -0.3 is 9.47 Å². The van der Waals surface area contributed by atoms with Gasteiger partial charge in [0.15, 0.2) is 23.3 Å². The number of pyridine rings is 1. The number of ether oxygens (including phenoxy) is 2. The van der Waals surface area contributed by atoms with Crippen molar-refractivity contribution in [3.8, 4) is 11.3 Å². The first-order valence-electron chi connectivity index (χ1n) is 17.5. The summed E-state index contributed by atoms with van der Waals surface area (Å²) in [6.07, 6.45) is 9.86. The van der Waals surface area contributed by atoms with E-state index < -0.39 is 17.1 Å². The summed E-state index contributed by atoms with van der Waals surface area (Å²) in [6.45, 7) is 18.4. The molecule has 3 heterocycles. The molecule has 8 atom stereocenters. The second-order valence-electron chi connectivity index (χ2n) is 16.1. The summed E-state index contributed by atoms with van der Waals surface area (Å²) in [5, 5.41) is 2.04. The van der Waals surface area contributed by atoms with Crippen LogP contribution in [-0.4, -0.2) is 40.3 Å². The Bertz CT molecular complexity index is 1710. The third kappa shape index (κ3) is 5.69. The predicted octanol–water partition coefficient (Wildman–Crippen LogP) is 8.21. The maximum absolute atomic E-state index is 13.6. The van der Waals surface area contributed by atoms with Crippen LogP contribution in [0.2, 0.25) is 0 Å². The van der Waals surface area contributed by atoms with Crippen LogP contribution in [0.25, 0.3) is 11.3 Å². The lowest BCUT2D eigenvalue weighted by atomic mass is 9.45. The lowest BCUT2D eigenvalue weighted by molar-refractivity contribution is -0.688. The van der Waals surface area contributed by atoms with Gasteiger partial charge >= 0.3 is 5.97 Å². The Kier molecular flexibility index (Phi) is 8.56. The Labute approximate surface area is 293 Å². The minimum Gasteiger partial charge on any atom is -0.461 e. The monoisotopic (exact) mass is 685 g/mol. The number of epoxide rings is 1. The van der Waals surface area contributed by atoms with Gasteiger partial charge in [-0.2, -0.15) is 0 Å². The van der Waals surface area contributed by atoms with Crippen molar-refractivity contribution in [1.29, 1.82) is 0 Å². The van der Waals surface area contributed by atoms with Gasteiger partial charge in [-0.25, -0.2) is 9.55 Å². The molecule has 2 aromatic heterocycles. The quantitative estimate of drug-likeness (QED) is 0.0783. The van der Waals surface area contributed by atoms with Crippen molar-refractivity contribution in [2.24, 2.45) is 28.6 Å². The fourth-order valence-corrected chi connectivity index (χ4v) is 11.1. The summed E-state index contributed by atoms with van der Waals surface area (Å²) >= 11 is 2.96. The lowest BCUT2D eigenvalue weighted by Crippen LogP contribution is -2.60. The van der Waals surface area contributed by atoms with Crippen molar-refractivity contribution in [2.45, 2.75) is 108 Å². The van der Waals surface area contributed by atoms with Crippen LogP contribution >= 0.6 is 23.1 Å². The van der Waals surface area contributed by atoms with Crippen LogP contribution in [0, 0.1) is 28.6 Å². The Morgan fingerprint density at radius 2 is 1.90 bits per heavy atom. The van der Waals surface area contributed by atoms with E-state index in [4.69, 9.17) is 14.5 Å². The van der Waals surface area contributed by atoms with E-state index in [1.165, 1.54) is 22.9 Å². The van der Waals surface area contributed by atoms with Gasteiger partial charge in [0.25, 0.3) is 0 Å². The first-order valence-corrected chi connectivity index (χ1v) is 19.4. The molecule has 3 aliphatic carbocycles. The second kappa shape index (κ2) is 12.2. The summed E-state index contributed by atoms with van der Waals surface area (Å²) in [6, 6.07) is 13.0. The molecule has 1 aliphatic heterocycles. The highest BCUT2D eigenvalue weighted by Crippen LogP contribution is 2.70. The summed E-state index contributed by atoms with van der Waals surface area (Å²) in [7, 11) is 0. The zero-order valence-electron chi connectivity index (χ0n) is 29.2. The number of fused-ring (bicyclic) bond motifs is 1. The maximum Gasteiger partial charge on any atom is 0.316 e. The molecule has 0 amide bonds. The molecular formula is C40H49N2O4S2+. The highest BCUT2D eigenvalue weighted by Gasteiger charge is 2.73. The summed E-state index contributed by atoms with van der Waals surface area (Å²) in [5.74, 6) is 0.662. The predicted molar refractivity (Wildman–Crippen MR) is 191 cm³/mol. The minimum absolute atomic E-state index is 0.0260. The zero-order valence-corrected chi connectivity index (χ0v) is 30.8. The van der Waals surface area contributed by atoms with Crippen LogP contribution in [0.1, 0.15) is 84.8 Å². The molecule has 6 nitrogen and oxygen atoms in total. The number of rotatable bonds is 8. The molecule has 4 fully saturated rings. The molecule has 8 heteroatoms. The summed E-state index contributed by atoms with van der Waals surface area (Å²) in [5.41, 5.74) is 3.66. The number of aromatic nitrogens is 2. The standard InChI is InChI=1S/C40H49N2O4S2/c1-8-40-21-32(38(7)25(2)13-17-39(26(3)35(40)46-40)18-14-31(43)34(38)39)45-33(44)24-48-36-41-30(23-47-36)28-15-19-42(20-16-28)22-27-9-11-29(12-10-27)37(4,5)6/h8-12,15-16,19-20,23,25-26,32,34-35H,1,13-14,17-18,21-22,24H2,2-7H3/q+1/t25-,26+,32-,34+,35+,38+,39+,40+/m1/s1. The Balaban J connectivity index is 1.01. The second-order valence-corrected chi connectivity index (χ2v) is 18.2. The number of esters is 1. The SMILES string of the molecule is C=C[C@]12C[C@@H](OC(=O)CSc3nc(-c4cc[n+](Cc5ccc(C(C)(C)C)cc5)cc4)cs3)[C@]3(C)[C@H](C)CC[C@]4(CCC(=O)[C@H]43)[C@@H](C)[C@@H]1O2. The molecule has 0 radical (unpaired) electrons. The summed E-state index contributed by atoms with van der Waals surface area (Å²) in [4.78, 5) is 32.0. The number of carbonyl (C=O) groups excluding carboxylic acids is 2. The first kappa shape index (κ1) is 33.7. The molecule has 0 unspecified atom stereocenters. The molecule has 0 N–H and O–H groups in total. The Morgan fingerprint density at radius 1 is 1.17 bits per heavy atom. The van der Waals surface area contributed by atoms with E-state index in [0.29, 0.717) is 18.6 Å². The molecule has 7 rings (SSSR count). The van der Waals surface area contributed by atoms with Crippen molar-refractivity contribution in [3.63, 3.8) is 0 Å². The van der Waals surface area contributed by atoms with Gasteiger partial charge in [0.1, 0.15) is 17.5 Å². The van der Waals surface area contributed by atoms with Crippen LogP contribution < -0.4 is 4.57 Å². The third-order valence-corrected chi connectivity index (χ3v) is 14.6. The number of thioether (sulfide) groups is 1. The number of hydrogen-bond acceptors (Lipinski definition) is 7. The van der Waals surface area contributed by atoms with E-state index in [0.717, 1.165) is 41.4 Å². The van der Waals surface area contributed by atoms with E-state index in [1.54, 1.807) is 11.3 Å². The van der Waals surface area contributed by atoms with Gasteiger partial charge in [0.05, 0.1) is 17.6 Å². The van der Waals surface area contributed by atoms with Gasteiger partial charge in [0, 0.05) is 52.8 Å². The fourth-order valence-electron chi connectivity index (χ4n) is 9.45. The van der Waals surface area contributed by atoms with E-state index in [2.05, 4.69) is 101 Å². The maximum atomic E-state index is 13.6. The average molecular weight is 686 g/mol. The minimum atomic E-state index is -0.492. The van der Waals surface area contributed by atoms with Gasteiger partial charge in [-0.05, 0) is 47.5 Å². The normalized spacial score (nSPS) is 34.0. The Hall–Kier alpha value is -2.81. The average Bonchev–Trinajstić information content (AvgIpc) is 3.37. The van der Waals surface area contributed by atoms with E-state index in [1.807, 2.05) is 11.5 Å². The molecule has 48 heavy (non-hydrogen) atoms. The van der Waals surface area contributed by atoms with Crippen LogP contribution in [0.3, 0.4) is 0 Å². The molecular weight excluding hydrogens is 637 g/mol. The van der Waals surface area contributed by atoms with Crippen LogP contribution in [0.4, 0.5) is 0 Å². The van der Waals surface area contributed by atoms with Gasteiger partial charge in [0.2, 0.25) is 0 Å². The molecule has 254 valence electrons. The number of hydrogen-bond donors (Lipinski definition) is 0. The third-order valence-electron chi connectivity index (χ3n) is 12.6. The van der Waals surface area contributed by atoms with Crippen molar-refractivity contribution in [3.05, 3.63) is 78.0 Å². The van der Waals surface area contributed by atoms with E-state index in [9.17, 15) is 9.59 Å². The van der Waals surface area contributed by atoms with E-state index >= 15 is 0 Å². The van der Waals surface area contributed by atoms with E-state index in [-0.39, 0.29) is 46.4 Å². The number of benzene rings is 1. The Morgan fingerprint density at radius 3 is 2.58 bits per heavy atom. The van der Waals surface area contributed by atoms with Crippen LogP contribution in [0.15, 0.2) is 71.2 Å². The molecule has 3 saturated carbocycles. The first-order chi connectivity index (χ1) is 22.8. The number of nitrogens with zero attached hydrogens (tertiary/aromatic N) is 2. The zero-order chi connectivity index (χ0) is 34.1. The molecule has 1 aromatic carbocycles. The van der Waals surface area contributed by atoms with Gasteiger partial charge in [-0.1, -0.05) is 83.6 Å². The molecule has 0 spiro atoms. The van der Waals surface area contributed by atoms with Gasteiger partial charge in [-0.3, -0.25) is 9.59 Å². The molecule has 3 aromatic rings. The summed E-state index contributed by atoms with van der Waals surface area (Å²) < 4.78 is 15.9. The topological polar surface area (TPSA) is 72.7 Å². The smallest absolute Gasteiger partial charge is 0.316 e. The van der Waals surface area contributed by atoms with Crippen LogP contribution in [-0.2, 0) is 31.0 Å². The number of carbonyl (C=O) groups is 2. The van der Waals surface area contributed by atoms with Crippen molar-refractivity contribution >= 4 is 34.9 Å². The number of ketones is 1.